The Morgan fingerprint density at radius 2 is 2.00 bits per heavy atom. The molecule has 0 radical (unpaired) electrons. The van der Waals surface area contributed by atoms with Gasteiger partial charge in [0.05, 0.1) is 6.61 Å². The molecule has 1 rings (SSSR count). The molecule has 0 saturated carbocycles. The molecule has 0 bridgehead atoms. The molecule has 0 aliphatic rings. The van der Waals surface area contributed by atoms with Crippen LogP contribution in [-0.2, 0) is 13.0 Å². The fraction of sp³-hybridized carbons (Fsp3) is 0.429. The van der Waals surface area contributed by atoms with E-state index in [-0.39, 0.29) is 6.61 Å². The second-order valence-corrected chi connectivity index (χ2v) is 4.05. The molecule has 0 heterocycles. The van der Waals surface area contributed by atoms with Gasteiger partial charge in [-0.05, 0) is 24.1 Å². The van der Waals surface area contributed by atoms with Crippen LogP contribution in [0.3, 0.4) is 0 Å². The highest BCUT2D eigenvalue weighted by Crippen LogP contribution is 2.12. The van der Waals surface area contributed by atoms with E-state index in [2.05, 4.69) is 23.6 Å². The molecule has 0 spiro atoms. The fourth-order valence-electron chi connectivity index (χ4n) is 1.91. The van der Waals surface area contributed by atoms with E-state index in [4.69, 9.17) is 10.8 Å². The maximum absolute atomic E-state index is 9.02. The molecule has 1 aromatic rings. The van der Waals surface area contributed by atoms with Crippen molar-refractivity contribution in [3.05, 3.63) is 48.0 Å². The average Bonchev–Trinajstić information content (AvgIpc) is 2.33. The first-order chi connectivity index (χ1) is 8.31. The largest absolute Gasteiger partial charge is 0.395 e. The lowest BCUT2D eigenvalue weighted by molar-refractivity contribution is 0.203. The van der Waals surface area contributed by atoms with Gasteiger partial charge in [-0.25, -0.2) is 0 Å². The molecule has 0 aliphatic carbocycles. The van der Waals surface area contributed by atoms with Crippen molar-refractivity contribution in [2.24, 2.45) is 5.73 Å². The van der Waals surface area contributed by atoms with Crippen LogP contribution in [-0.4, -0.2) is 36.2 Å². The van der Waals surface area contributed by atoms with E-state index in [1.54, 1.807) is 0 Å². The Morgan fingerprint density at radius 3 is 2.59 bits per heavy atom. The molecule has 0 fully saturated rings. The molecule has 0 unspecified atom stereocenters. The van der Waals surface area contributed by atoms with Crippen molar-refractivity contribution >= 4 is 0 Å². The Kier molecular flexibility index (Phi) is 6.55. The van der Waals surface area contributed by atoms with Crippen LogP contribution in [0.2, 0.25) is 0 Å². The van der Waals surface area contributed by atoms with Crippen LogP contribution in [0, 0.1) is 0 Å². The Hall–Kier alpha value is -1.16. The predicted molar refractivity (Wildman–Crippen MR) is 71.8 cm³/mol. The topological polar surface area (TPSA) is 49.5 Å². The molecule has 17 heavy (non-hydrogen) atoms. The number of aliphatic hydroxyl groups is 1. The summed E-state index contributed by atoms with van der Waals surface area (Å²) in [4.78, 5) is 2.17. The number of rotatable bonds is 8. The van der Waals surface area contributed by atoms with Crippen molar-refractivity contribution < 1.29 is 5.11 Å². The first kappa shape index (κ1) is 13.9. The van der Waals surface area contributed by atoms with Gasteiger partial charge in [0.25, 0.3) is 0 Å². The molecule has 0 saturated heterocycles. The van der Waals surface area contributed by atoms with E-state index in [1.165, 1.54) is 11.1 Å². The average molecular weight is 234 g/mol. The summed E-state index contributed by atoms with van der Waals surface area (Å²) < 4.78 is 0. The van der Waals surface area contributed by atoms with Crippen molar-refractivity contribution in [1.82, 2.24) is 4.90 Å². The molecule has 0 atom stereocenters. The third-order valence-corrected chi connectivity index (χ3v) is 2.73. The Balaban J connectivity index is 2.72. The van der Waals surface area contributed by atoms with Crippen molar-refractivity contribution in [3.8, 4) is 0 Å². The third-order valence-electron chi connectivity index (χ3n) is 2.73. The predicted octanol–water partition coefficient (Wildman–Crippen LogP) is 1.17. The van der Waals surface area contributed by atoms with Gasteiger partial charge in [-0.1, -0.05) is 30.3 Å². The van der Waals surface area contributed by atoms with Crippen LogP contribution in [0.25, 0.3) is 0 Å². The molecule has 3 nitrogen and oxygen atoms in total. The molecule has 3 heteroatoms. The van der Waals surface area contributed by atoms with Gasteiger partial charge in [-0.3, -0.25) is 4.90 Å². The van der Waals surface area contributed by atoms with Crippen molar-refractivity contribution in [2.45, 2.75) is 13.0 Å². The summed E-state index contributed by atoms with van der Waals surface area (Å²) in [6.07, 6.45) is 2.76. The Bertz CT molecular complexity index is 339. The van der Waals surface area contributed by atoms with Crippen LogP contribution in [0.1, 0.15) is 11.1 Å². The minimum Gasteiger partial charge on any atom is -0.395 e. The van der Waals surface area contributed by atoms with E-state index < -0.39 is 0 Å². The highest BCUT2D eigenvalue weighted by Gasteiger charge is 2.06. The monoisotopic (exact) mass is 234 g/mol. The number of aliphatic hydroxyl groups excluding tert-OH is 1. The summed E-state index contributed by atoms with van der Waals surface area (Å²) in [6, 6.07) is 8.32. The molecule has 0 aliphatic heterocycles. The highest BCUT2D eigenvalue weighted by atomic mass is 16.3. The van der Waals surface area contributed by atoms with Crippen molar-refractivity contribution in [2.75, 3.05) is 26.2 Å². The van der Waals surface area contributed by atoms with Crippen LogP contribution in [0.4, 0.5) is 0 Å². The quantitative estimate of drug-likeness (QED) is 0.664. The summed E-state index contributed by atoms with van der Waals surface area (Å²) in [6.45, 7) is 6.87. The fourth-order valence-corrected chi connectivity index (χ4v) is 1.91. The van der Waals surface area contributed by atoms with E-state index >= 15 is 0 Å². The van der Waals surface area contributed by atoms with Gasteiger partial charge in [0, 0.05) is 19.6 Å². The standard InChI is InChI=1S/C14H22N2O/c1-2-9-16(10-11-17)12-14-6-4-3-5-13(14)7-8-15/h2-6,17H,1,7-12,15H2. The maximum atomic E-state index is 9.02. The zero-order valence-corrected chi connectivity index (χ0v) is 10.3. The second kappa shape index (κ2) is 8.01. The number of benzene rings is 1. The first-order valence-corrected chi connectivity index (χ1v) is 6.02. The van der Waals surface area contributed by atoms with Gasteiger partial charge in [0.2, 0.25) is 0 Å². The van der Waals surface area contributed by atoms with Crippen LogP contribution in [0.15, 0.2) is 36.9 Å². The molecule has 1 aromatic carbocycles. The molecule has 3 N–H and O–H groups in total. The van der Waals surface area contributed by atoms with Crippen molar-refractivity contribution in [1.29, 1.82) is 0 Å². The Labute approximate surface area is 104 Å². The summed E-state index contributed by atoms with van der Waals surface area (Å²) in [5, 5.41) is 9.02. The first-order valence-electron chi connectivity index (χ1n) is 6.02. The number of hydrogen-bond acceptors (Lipinski definition) is 3. The van der Waals surface area contributed by atoms with Gasteiger partial charge in [0.15, 0.2) is 0 Å². The van der Waals surface area contributed by atoms with Crippen molar-refractivity contribution in [3.63, 3.8) is 0 Å². The van der Waals surface area contributed by atoms with Gasteiger partial charge in [-0.2, -0.15) is 0 Å². The summed E-state index contributed by atoms with van der Waals surface area (Å²) in [5.74, 6) is 0. The molecule has 0 amide bonds. The minimum absolute atomic E-state index is 0.174. The maximum Gasteiger partial charge on any atom is 0.0558 e. The van der Waals surface area contributed by atoms with Gasteiger partial charge in [0.1, 0.15) is 0 Å². The molecule has 0 aromatic heterocycles. The number of hydrogen-bond donors (Lipinski definition) is 2. The van der Waals surface area contributed by atoms with E-state index in [0.29, 0.717) is 13.1 Å². The zero-order chi connectivity index (χ0) is 12.5. The van der Waals surface area contributed by atoms with E-state index in [1.807, 2.05) is 18.2 Å². The third kappa shape index (κ3) is 4.69. The molecular formula is C14H22N2O. The minimum atomic E-state index is 0.174. The lowest BCUT2D eigenvalue weighted by Gasteiger charge is -2.21. The summed E-state index contributed by atoms with van der Waals surface area (Å²) in [7, 11) is 0. The molecule has 94 valence electrons. The highest BCUT2D eigenvalue weighted by molar-refractivity contribution is 5.27. The second-order valence-electron chi connectivity index (χ2n) is 4.05. The van der Waals surface area contributed by atoms with E-state index in [9.17, 15) is 0 Å². The zero-order valence-electron chi connectivity index (χ0n) is 10.3. The van der Waals surface area contributed by atoms with Crippen LogP contribution in [0.5, 0.6) is 0 Å². The lowest BCUT2D eigenvalue weighted by Crippen LogP contribution is -2.27. The summed E-state index contributed by atoms with van der Waals surface area (Å²) in [5.41, 5.74) is 8.19. The van der Waals surface area contributed by atoms with Gasteiger partial charge < -0.3 is 10.8 Å². The summed E-state index contributed by atoms with van der Waals surface area (Å²) >= 11 is 0. The molecular weight excluding hydrogens is 212 g/mol. The smallest absolute Gasteiger partial charge is 0.0558 e. The number of nitrogens with zero attached hydrogens (tertiary/aromatic N) is 1. The lowest BCUT2D eigenvalue weighted by atomic mass is 10.0. The normalized spacial score (nSPS) is 10.8. The van der Waals surface area contributed by atoms with Crippen LogP contribution < -0.4 is 5.73 Å². The Morgan fingerprint density at radius 1 is 1.29 bits per heavy atom. The van der Waals surface area contributed by atoms with Gasteiger partial charge in [-0.15, -0.1) is 6.58 Å². The van der Waals surface area contributed by atoms with Crippen LogP contribution >= 0.6 is 0 Å². The SMILES string of the molecule is C=CCN(CCO)Cc1ccccc1CCN. The van der Waals surface area contributed by atoms with E-state index in [0.717, 1.165) is 19.5 Å². The number of nitrogens with two attached hydrogens (primary N) is 1. The van der Waals surface area contributed by atoms with Gasteiger partial charge >= 0.3 is 0 Å².